The van der Waals surface area contributed by atoms with Crippen LogP contribution < -0.4 is 10.1 Å². The fourth-order valence-electron chi connectivity index (χ4n) is 1.91. The van der Waals surface area contributed by atoms with Gasteiger partial charge in [0.05, 0.1) is 13.7 Å². The molecule has 1 N–H and O–H groups in total. The molecule has 23 heavy (non-hydrogen) atoms. The smallest absolute Gasteiger partial charge is 0.306 e. The summed E-state index contributed by atoms with van der Waals surface area (Å²) in [5, 5.41) is 4.65. The van der Waals surface area contributed by atoms with Crippen LogP contribution in [0.25, 0.3) is 0 Å². The molecule has 0 spiro atoms. The highest BCUT2D eigenvalue weighted by atomic mass is 32.1. The van der Waals surface area contributed by atoms with Gasteiger partial charge in [-0.05, 0) is 35.6 Å². The number of carbonyl (C=O) groups is 2. The SMILES string of the molecule is COc1ccc(CCC(=O)OCC(=O)NCc2cccs2)cc1. The Morgan fingerprint density at radius 1 is 1.17 bits per heavy atom. The van der Waals surface area contributed by atoms with Gasteiger partial charge in [0.15, 0.2) is 6.61 Å². The first-order chi connectivity index (χ1) is 11.2. The number of methoxy groups -OCH3 is 1. The molecule has 0 aliphatic rings. The van der Waals surface area contributed by atoms with E-state index in [0.717, 1.165) is 16.2 Å². The highest BCUT2D eigenvalue weighted by molar-refractivity contribution is 7.09. The van der Waals surface area contributed by atoms with E-state index in [1.165, 1.54) is 0 Å². The molecule has 1 amide bonds. The van der Waals surface area contributed by atoms with Gasteiger partial charge in [-0.3, -0.25) is 9.59 Å². The number of aryl methyl sites for hydroxylation is 1. The molecular formula is C17H19NO4S. The van der Waals surface area contributed by atoms with Crippen LogP contribution in [0.15, 0.2) is 41.8 Å². The van der Waals surface area contributed by atoms with E-state index < -0.39 is 0 Å². The first kappa shape index (κ1) is 17.0. The Labute approximate surface area is 139 Å². The maximum atomic E-state index is 11.7. The van der Waals surface area contributed by atoms with E-state index in [1.54, 1.807) is 18.4 Å². The minimum absolute atomic E-state index is 0.241. The molecular weight excluding hydrogens is 314 g/mol. The van der Waals surface area contributed by atoms with Crippen LogP contribution in [-0.4, -0.2) is 25.6 Å². The molecule has 1 heterocycles. The molecule has 6 heteroatoms. The molecule has 5 nitrogen and oxygen atoms in total. The number of ether oxygens (including phenoxy) is 2. The third-order valence-electron chi connectivity index (χ3n) is 3.18. The third kappa shape index (κ3) is 6.12. The number of carbonyl (C=O) groups excluding carboxylic acids is 2. The summed E-state index contributed by atoms with van der Waals surface area (Å²) >= 11 is 1.57. The van der Waals surface area contributed by atoms with Gasteiger partial charge >= 0.3 is 5.97 Å². The molecule has 2 aromatic rings. The van der Waals surface area contributed by atoms with Crippen molar-refractivity contribution in [1.82, 2.24) is 5.32 Å². The number of amides is 1. The topological polar surface area (TPSA) is 64.6 Å². The zero-order valence-corrected chi connectivity index (χ0v) is 13.7. The molecule has 0 unspecified atom stereocenters. The molecule has 0 aliphatic carbocycles. The quantitative estimate of drug-likeness (QED) is 0.754. The van der Waals surface area contributed by atoms with E-state index in [4.69, 9.17) is 9.47 Å². The Morgan fingerprint density at radius 3 is 2.61 bits per heavy atom. The molecule has 0 radical (unpaired) electrons. The predicted octanol–water partition coefficient (Wildman–Crippen LogP) is 2.55. The summed E-state index contributed by atoms with van der Waals surface area (Å²) in [6.45, 7) is 0.215. The van der Waals surface area contributed by atoms with Gasteiger partial charge < -0.3 is 14.8 Å². The van der Waals surface area contributed by atoms with E-state index >= 15 is 0 Å². The molecule has 0 bridgehead atoms. The summed E-state index contributed by atoms with van der Waals surface area (Å²) in [4.78, 5) is 24.3. The van der Waals surface area contributed by atoms with Crippen LogP contribution in [0.2, 0.25) is 0 Å². The van der Waals surface area contributed by atoms with Crippen molar-refractivity contribution in [2.75, 3.05) is 13.7 Å². The lowest BCUT2D eigenvalue weighted by atomic mass is 10.1. The number of hydrogen-bond donors (Lipinski definition) is 1. The van der Waals surface area contributed by atoms with E-state index in [1.807, 2.05) is 41.8 Å². The van der Waals surface area contributed by atoms with Crippen LogP contribution in [0, 0.1) is 0 Å². The lowest BCUT2D eigenvalue weighted by Crippen LogP contribution is -2.28. The summed E-state index contributed by atoms with van der Waals surface area (Å²) in [5.74, 6) is 0.0991. The molecule has 0 fully saturated rings. The van der Waals surface area contributed by atoms with Crippen molar-refractivity contribution in [2.24, 2.45) is 0 Å². The summed E-state index contributed by atoms with van der Waals surface area (Å²) in [5.41, 5.74) is 1.02. The summed E-state index contributed by atoms with van der Waals surface area (Å²) in [7, 11) is 1.61. The van der Waals surface area contributed by atoms with Crippen LogP contribution in [0.1, 0.15) is 16.9 Å². The Morgan fingerprint density at radius 2 is 1.96 bits per heavy atom. The van der Waals surface area contributed by atoms with Crippen molar-refractivity contribution in [3.8, 4) is 5.75 Å². The second kappa shape index (κ2) is 8.95. The van der Waals surface area contributed by atoms with Gasteiger partial charge in [0, 0.05) is 11.3 Å². The van der Waals surface area contributed by atoms with Crippen LogP contribution in [0.5, 0.6) is 5.75 Å². The average Bonchev–Trinajstić information content (AvgIpc) is 3.10. The summed E-state index contributed by atoms with van der Waals surface area (Å²) in [6.07, 6.45) is 0.810. The summed E-state index contributed by atoms with van der Waals surface area (Å²) < 4.78 is 10.0. The largest absolute Gasteiger partial charge is 0.497 e. The molecule has 122 valence electrons. The van der Waals surface area contributed by atoms with Crippen LogP contribution in [0.4, 0.5) is 0 Å². The fraction of sp³-hybridized carbons (Fsp3) is 0.294. The summed E-state index contributed by atoms with van der Waals surface area (Å²) in [6, 6.07) is 11.4. The third-order valence-corrected chi connectivity index (χ3v) is 4.06. The standard InChI is InChI=1S/C17H19NO4S/c1-21-14-7-4-13(5-8-14)6-9-17(20)22-12-16(19)18-11-15-3-2-10-23-15/h2-5,7-8,10H,6,9,11-12H2,1H3,(H,18,19). The minimum atomic E-state index is -0.382. The van der Waals surface area contributed by atoms with Gasteiger partial charge in [-0.2, -0.15) is 0 Å². The molecule has 0 saturated carbocycles. The fourth-order valence-corrected chi connectivity index (χ4v) is 2.55. The molecule has 2 rings (SSSR count). The van der Waals surface area contributed by atoms with Gasteiger partial charge in [-0.25, -0.2) is 0 Å². The van der Waals surface area contributed by atoms with Crippen molar-refractivity contribution in [3.05, 3.63) is 52.2 Å². The highest BCUT2D eigenvalue weighted by Gasteiger charge is 2.08. The van der Waals surface area contributed by atoms with Gasteiger partial charge in [0.2, 0.25) is 0 Å². The number of hydrogen-bond acceptors (Lipinski definition) is 5. The predicted molar refractivity (Wildman–Crippen MR) is 88.4 cm³/mol. The lowest BCUT2D eigenvalue weighted by molar-refractivity contribution is -0.148. The zero-order valence-electron chi connectivity index (χ0n) is 12.9. The van der Waals surface area contributed by atoms with Crippen molar-refractivity contribution >= 4 is 23.2 Å². The van der Waals surface area contributed by atoms with Crippen LogP contribution >= 0.6 is 11.3 Å². The maximum absolute atomic E-state index is 11.7. The van der Waals surface area contributed by atoms with Crippen molar-refractivity contribution in [3.63, 3.8) is 0 Å². The van der Waals surface area contributed by atoms with Crippen molar-refractivity contribution < 1.29 is 19.1 Å². The second-order valence-corrected chi connectivity index (χ2v) is 5.90. The molecule has 0 atom stereocenters. The molecule has 1 aromatic carbocycles. The Bertz CT molecular complexity index is 623. The van der Waals surface area contributed by atoms with Crippen LogP contribution in [-0.2, 0) is 27.3 Å². The van der Waals surface area contributed by atoms with Gasteiger partial charge in [-0.1, -0.05) is 18.2 Å². The Balaban J connectivity index is 1.63. The number of benzene rings is 1. The number of rotatable bonds is 8. The first-order valence-electron chi connectivity index (χ1n) is 7.25. The lowest BCUT2D eigenvalue weighted by Gasteiger charge is -2.06. The van der Waals surface area contributed by atoms with Gasteiger partial charge in [0.1, 0.15) is 5.75 Å². The van der Waals surface area contributed by atoms with Crippen molar-refractivity contribution in [1.29, 1.82) is 0 Å². The van der Waals surface area contributed by atoms with E-state index in [2.05, 4.69) is 5.32 Å². The molecule has 1 aromatic heterocycles. The van der Waals surface area contributed by atoms with Crippen molar-refractivity contribution in [2.45, 2.75) is 19.4 Å². The van der Waals surface area contributed by atoms with E-state index in [-0.39, 0.29) is 24.9 Å². The number of thiophene rings is 1. The zero-order chi connectivity index (χ0) is 16.5. The maximum Gasteiger partial charge on any atom is 0.306 e. The highest BCUT2D eigenvalue weighted by Crippen LogP contribution is 2.12. The Hall–Kier alpha value is -2.34. The number of esters is 1. The Kier molecular flexibility index (Phi) is 6.62. The number of nitrogens with one attached hydrogen (secondary N) is 1. The monoisotopic (exact) mass is 333 g/mol. The first-order valence-corrected chi connectivity index (χ1v) is 8.13. The average molecular weight is 333 g/mol. The normalized spacial score (nSPS) is 10.1. The minimum Gasteiger partial charge on any atom is -0.497 e. The molecule has 0 saturated heterocycles. The van der Waals surface area contributed by atoms with E-state index in [9.17, 15) is 9.59 Å². The second-order valence-electron chi connectivity index (χ2n) is 4.86. The van der Waals surface area contributed by atoms with Gasteiger partial charge in [0.25, 0.3) is 5.91 Å². The molecule has 0 aliphatic heterocycles. The van der Waals surface area contributed by atoms with Gasteiger partial charge in [-0.15, -0.1) is 11.3 Å². The van der Waals surface area contributed by atoms with Crippen LogP contribution in [0.3, 0.4) is 0 Å². The van der Waals surface area contributed by atoms with E-state index in [0.29, 0.717) is 13.0 Å².